The van der Waals surface area contributed by atoms with Crippen molar-refractivity contribution >= 4 is 10.8 Å². The third kappa shape index (κ3) is 5.13. The number of hydrogen-bond acceptors (Lipinski definition) is 3. The first kappa shape index (κ1) is 16.5. The summed E-state index contributed by atoms with van der Waals surface area (Å²) >= 11 is 0. The Balaban J connectivity index is 1.96. The summed E-state index contributed by atoms with van der Waals surface area (Å²) in [6.07, 6.45) is 0.781. The summed E-state index contributed by atoms with van der Waals surface area (Å²) in [5.41, 5.74) is 0.648. The second-order valence-corrected chi connectivity index (χ2v) is 6.99. The first-order valence-corrected chi connectivity index (χ1v) is 8.84. The third-order valence-electron chi connectivity index (χ3n) is 3.74. The molecule has 0 radical (unpaired) electrons. The van der Waals surface area contributed by atoms with Crippen molar-refractivity contribution in [3.63, 3.8) is 0 Å². The van der Waals surface area contributed by atoms with Crippen LogP contribution in [0.15, 0.2) is 18.2 Å². The fourth-order valence-corrected chi connectivity index (χ4v) is 3.75. The Bertz CT molecular complexity index is 468. The van der Waals surface area contributed by atoms with Crippen molar-refractivity contribution in [1.82, 2.24) is 10.2 Å². The maximum absolute atomic E-state index is 13.4. The molecule has 0 amide bonds. The Morgan fingerprint density at radius 2 is 1.86 bits per heavy atom. The zero-order valence-electron chi connectivity index (χ0n) is 12.3. The van der Waals surface area contributed by atoms with Crippen LogP contribution in [-0.4, -0.2) is 46.8 Å². The molecule has 118 valence electrons. The highest BCUT2D eigenvalue weighted by Crippen LogP contribution is 2.20. The molecule has 3 nitrogen and oxygen atoms in total. The van der Waals surface area contributed by atoms with Crippen LogP contribution in [-0.2, 0) is 10.8 Å². The van der Waals surface area contributed by atoms with Crippen molar-refractivity contribution in [1.29, 1.82) is 0 Å². The van der Waals surface area contributed by atoms with Crippen LogP contribution >= 0.6 is 0 Å². The Hall–Kier alpha value is -0.850. The number of halogens is 2. The molecule has 0 saturated carbocycles. The van der Waals surface area contributed by atoms with Gasteiger partial charge >= 0.3 is 0 Å². The molecule has 1 aliphatic rings. The predicted octanol–water partition coefficient (Wildman–Crippen LogP) is 2.07. The molecule has 1 atom stereocenters. The highest BCUT2D eigenvalue weighted by atomic mass is 32.2. The lowest BCUT2D eigenvalue weighted by molar-refractivity contribution is 0.278. The fourth-order valence-electron chi connectivity index (χ4n) is 2.62. The van der Waals surface area contributed by atoms with Gasteiger partial charge in [-0.15, -0.1) is 0 Å². The van der Waals surface area contributed by atoms with E-state index in [9.17, 15) is 13.0 Å². The third-order valence-corrected chi connectivity index (χ3v) is 5.02. The number of nitrogens with zero attached hydrogens (tertiary/aromatic N) is 1. The van der Waals surface area contributed by atoms with Gasteiger partial charge < -0.3 is 10.2 Å². The minimum atomic E-state index is -0.677. The number of hydrogen-bond donors (Lipinski definition) is 1. The van der Waals surface area contributed by atoms with Gasteiger partial charge in [0.05, 0.1) is 0 Å². The van der Waals surface area contributed by atoms with E-state index in [1.54, 1.807) is 0 Å². The van der Waals surface area contributed by atoms with E-state index in [0.29, 0.717) is 5.56 Å². The highest BCUT2D eigenvalue weighted by molar-refractivity contribution is 7.85. The van der Waals surface area contributed by atoms with Crippen LogP contribution in [0.4, 0.5) is 8.78 Å². The molecule has 0 spiro atoms. The van der Waals surface area contributed by atoms with E-state index in [-0.39, 0.29) is 6.04 Å². The molecule has 1 N–H and O–H groups in total. The maximum Gasteiger partial charge on any atom is 0.126 e. The summed E-state index contributed by atoms with van der Waals surface area (Å²) in [5.74, 6) is 0.364. The summed E-state index contributed by atoms with van der Waals surface area (Å²) in [5, 5.41) is 3.28. The van der Waals surface area contributed by atoms with Crippen LogP contribution in [0, 0.1) is 11.6 Å². The van der Waals surface area contributed by atoms with E-state index < -0.39 is 22.4 Å². The van der Waals surface area contributed by atoms with Gasteiger partial charge in [-0.25, -0.2) is 8.78 Å². The van der Waals surface area contributed by atoms with E-state index in [4.69, 9.17) is 0 Å². The van der Waals surface area contributed by atoms with Crippen LogP contribution < -0.4 is 5.32 Å². The van der Waals surface area contributed by atoms with Crippen LogP contribution in [0.2, 0.25) is 0 Å². The van der Waals surface area contributed by atoms with E-state index >= 15 is 0 Å². The normalized spacial score (nSPS) is 18.8. The van der Waals surface area contributed by atoms with Gasteiger partial charge in [-0.1, -0.05) is 6.92 Å². The zero-order chi connectivity index (χ0) is 15.2. The summed E-state index contributed by atoms with van der Waals surface area (Å²) in [6, 6.07) is 3.61. The molecule has 6 heteroatoms. The molecular weight excluding hydrogens is 294 g/mol. The van der Waals surface area contributed by atoms with E-state index in [1.807, 2.05) is 6.92 Å². The minimum Gasteiger partial charge on any atom is -0.310 e. The lowest BCUT2D eigenvalue weighted by Crippen LogP contribution is -2.39. The number of benzene rings is 1. The molecular formula is C15H22F2N2OS. The molecule has 0 aliphatic carbocycles. The fraction of sp³-hybridized carbons (Fsp3) is 0.600. The molecule has 0 aromatic heterocycles. The monoisotopic (exact) mass is 316 g/mol. The van der Waals surface area contributed by atoms with E-state index in [1.165, 1.54) is 12.1 Å². The van der Waals surface area contributed by atoms with Gasteiger partial charge in [-0.2, -0.15) is 0 Å². The van der Waals surface area contributed by atoms with E-state index in [2.05, 4.69) is 10.2 Å². The second-order valence-electron chi connectivity index (χ2n) is 5.29. The smallest absolute Gasteiger partial charge is 0.126 e. The van der Waals surface area contributed by atoms with E-state index in [0.717, 1.165) is 50.2 Å². The second kappa shape index (κ2) is 7.96. The topological polar surface area (TPSA) is 32.3 Å². The zero-order valence-corrected chi connectivity index (χ0v) is 13.1. The van der Waals surface area contributed by atoms with Crippen molar-refractivity contribution in [2.24, 2.45) is 0 Å². The molecule has 1 saturated heterocycles. The highest BCUT2D eigenvalue weighted by Gasteiger charge is 2.18. The first-order chi connectivity index (χ1) is 10.1. The quantitative estimate of drug-likeness (QED) is 0.872. The molecule has 1 aliphatic heterocycles. The first-order valence-electron chi connectivity index (χ1n) is 7.35. The summed E-state index contributed by atoms with van der Waals surface area (Å²) in [4.78, 5) is 2.27. The van der Waals surface area contributed by atoms with Crippen molar-refractivity contribution in [2.75, 3.05) is 37.7 Å². The average molecular weight is 316 g/mol. The minimum absolute atomic E-state index is 0.0624. The van der Waals surface area contributed by atoms with Gasteiger partial charge in [-0.05, 0) is 30.7 Å². The van der Waals surface area contributed by atoms with Crippen molar-refractivity contribution in [3.05, 3.63) is 35.4 Å². The lowest BCUT2D eigenvalue weighted by atomic mass is 10.0. The maximum atomic E-state index is 13.4. The van der Waals surface area contributed by atoms with Gasteiger partial charge in [0.2, 0.25) is 0 Å². The lowest BCUT2D eigenvalue weighted by Gasteiger charge is -2.28. The Labute approximate surface area is 127 Å². The average Bonchev–Trinajstić information content (AvgIpc) is 2.44. The standard InChI is InChI=1S/C15H22F2N2OS/c1-2-18-15(12-9-13(16)11-14(17)10-12)3-4-19-5-7-21(20)8-6-19/h9-11,15,18H,2-8H2,1H3. The molecule has 2 rings (SSSR count). The summed E-state index contributed by atoms with van der Waals surface area (Å²) < 4.78 is 38.0. The number of rotatable bonds is 6. The van der Waals surface area contributed by atoms with Crippen molar-refractivity contribution in [2.45, 2.75) is 19.4 Å². The van der Waals surface area contributed by atoms with Gasteiger partial charge in [0.1, 0.15) is 11.6 Å². The molecule has 1 fully saturated rings. The van der Waals surface area contributed by atoms with Gasteiger partial charge in [0.25, 0.3) is 0 Å². The number of nitrogens with one attached hydrogen (secondary N) is 1. The Morgan fingerprint density at radius 3 is 2.43 bits per heavy atom. The van der Waals surface area contributed by atoms with Crippen LogP contribution in [0.1, 0.15) is 24.9 Å². The Morgan fingerprint density at radius 1 is 1.24 bits per heavy atom. The molecule has 1 aromatic rings. The van der Waals surface area contributed by atoms with Crippen molar-refractivity contribution < 1.29 is 13.0 Å². The molecule has 1 aromatic carbocycles. The van der Waals surface area contributed by atoms with Gasteiger partial charge in [-0.3, -0.25) is 4.21 Å². The van der Waals surface area contributed by atoms with Crippen molar-refractivity contribution in [3.8, 4) is 0 Å². The SMILES string of the molecule is CCNC(CCN1CCS(=O)CC1)c1cc(F)cc(F)c1. The van der Waals surface area contributed by atoms with Gasteiger partial charge in [0.15, 0.2) is 0 Å². The summed E-state index contributed by atoms with van der Waals surface area (Å²) in [7, 11) is -0.677. The molecule has 21 heavy (non-hydrogen) atoms. The van der Waals surface area contributed by atoms with Crippen LogP contribution in [0.3, 0.4) is 0 Å². The van der Waals surface area contributed by atoms with Crippen LogP contribution in [0.5, 0.6) is 0 Å². The van der Waals surface area contributed by atoms with Gasteiger partial charge in [0, 0.05) is 54.0 Å². The molecule has 1 heterocycles. The molecule has 0 bridgehead atoms. The predicted molar refractivity (Wildman–Crippen MR) is 81.7 cm³/mol. The van der Waals surface area contributed by atoms with Crippen LogP contribution in [0.25, 0.3) is 0 Å². The Kier molecular flexibility index (Phi) is 6.26. The largest absolute Gasteiger partial charge is 0.310 e. The summed E-state index contributed by atoms with van der Waals surface area (Å²) in [6.45, 7) is 5.23. The molecule has 1 unspecified atom stereocenters.